The first-order chi connectivity index (χ1) is 8.23. The maximum Gasteiger partial charge on any atom is 0.223 e. The van der Waals surface area contributed by atoms with Crippen molar-refractivity contribution in [2.45, 2.75) is 58.0 Å². The van der Waals surface area contributed by atoms with E-state index in [1.54, 1.807) is 0 Å². The molecule has 5 nitrogen and oxygen atoms in total. The third-order valence-corrected chi connectivity index (χ3v) is 3.78. The van der Waals surface area contributed by atoms with E-state index in [0.29, 0.717) is 0 Å². The van der Waals surface area contributed by atoms with E-state index >= 15 is 0 Å². The summed E-state index contributed by atoms with van der Waals surface area (Å²) in [6.45, 7) is 5.64. The van der Waals surface area contributed by atoms with Crippen molar-refractivity contribution in [3.63, 3.8) is 0 Å². The molecule has 1 rings (SSSR count). The predicted molar refractivity (Wildman–Crippen MR) is 70.5 cm³/mol. The molecule has 0 spiro atoms. The molecule has 5 heteroatoms. The van der Waals surface area contributed by atoms with E-state index < -0.39 is 11.4 Å². The fourth-order valence-corrected chi connectivity index (χ4v) is 2.67. The number of hydrogen-bond donors (Lipinski definition) is 3. The fourth-order valence-electron chi connectivity index (χ4n) is 2.67. The van der Waals surface area contributed by atoms with Gasteiger partial charge in [0.15, 0.2) is 0 Å². The van der Waals surface area contributed by atoms with Crippen LogP contribution in [0, 0.1) is 11.8 Å². The Labute approximate surface area is 109 Å². The standard InChI is InChI=1S/C13H25N3O2/c1-8-9(5-4-6-10(8)14)12(18)16-13(2,3)7-11(15)17/h8-10H,4-7,14H2,1-3H3,(H2,15,17)(H,16,18). The normalized spacial score (nSPS) is 28.8. The summed E-state index contributed by atoms with van der Waals surface area (Å²) in [5, 5.41) is 2.91. The van der Waals surface area contributed by atoms with Gasteiger partial charge in [0.25, 0.3) is 0 Å². The zero-order valence-corrected chi connectivity index (χ0v) is 11.5. The molecule has 1 fully saturated rings. The summed E-state index contributed by atoms with van der Waals surface area (Å²) in [5.41, 5.74) is 10.6. The van der Waals surface area contributed by atoms with Gasteiger partial charge >= 0.3 is 0 Å². The molecule has 0 heterocycles. The second kappa shape index (κ2) is 5.69. The van der Waals surface area contributed by atoms with Crippen LogP contribution >= 0.6 is 0 Å². The van der Waals surface area contributed by atoms with Gasteiger partial charge in [0, 0.05) is 23.9 Å². The highest BCUT2D eigenvalue weighted by Gasteiger charge is 2.35. The van der Waals surface area contributed by atoms with Crippen LogP contribution in [-0.2, 0) is 9.59 Å². The molecule has 2 amide bonds. The van der Waals surface area contributed by atoms with Crippen molar-refractivity contribution in [3.8, 4) is 0 Å². The van der Waals surface area contributed by atoms with Gasteiger partial charge in [0.05, 0.1) is 0 Å². The van der Waals surface area contributed by atoms with Crippen molar-refractivity contribution in [2.24, 2.45) is 23.3 Å². The first-order valence-corrected chi connectivity index (χ1v) is 6.59. The Balaban J connectivity index is 2.61. The Hall–Kier alpha value is -1.10. The fraction of sp³-hybridized carbons (Fsp3) is 0.846. The molecule has 3 atom stereocenters. The van der Waals surface area contributed by atoms with Crippen molar-refractivity contribution in [2.75, 3.05) is 0 Å². The number of amides is 2. The molecular formula is C13H25N3O2. The average molecular weight is 255 g/mol. The van der Waals surface area contributed by atoms with Crippen LogP contribution < -0.4 is 16.8 Å². The Morgan fingerprint density at radius 1 is 1.33 bits per heavy atom. The zero-order valence-electron chi connectivity index (χ0n) is 11.5. The second-order valence-corrected chi connectivity index (χ2v) is 6.08. The van der Waals surface area contributed by atoms with Crippen molar-refractivity contribution in [1.82, 2.24) is 5.32 Å². The lowest BCUT2D eigenvalue weighted by molar-refractivity contribution is -0.130. The van der Waals surface area contributed by atoms with Crippen LogP contribution in [0.3, 0.4) is 0 Å². The Bertz CT molecular complexity index is 328. The zero-order chi connectivity index (χ0) is 13.9. The molecule has 18 heavy (non-hydrogen) atoms. The quantitative estimate of drug-likeness (QED) is 0.683. The topological polar surface area (TPSA) is 98.2 Å². The van der Waals surface area contributed by atoms with Crippen molar-refractivity contribution in [1.29, 1.82) is 0 Å². The molecule has 0 radical (unpaired) electrons. The van der Waals surface area contributed by atoms with Crippen LogP contribution in [0.1, 0.15) is 46.5 Å². The molecule has 0 aromatic heterocycles. The van der Waals surface area contributed by atoms with E-state index in [0.717, 1.165) is 19.3 Å². The third-order valence-electron chi connectivity index (χ3n) is 3.78. The summed E-state index contributed by atoms with van der Waals surface area (Å²) < 4.78 is 0. The number of nitrogens with one attached hydrogen (secondary N) is 1. The Morgan fingerprint density at radius 3 is 2.50 bits per heavy atom. The molecular weight excluding hydrogens is 230 g/mol. The molecule has 0 aliphatic heterocycles. The third kappa shape index (κ3) is 3.98. The van der Waals surface area contributed by atoms with E-state index in [2.05, 4.69) is 5.32 Å². The van der Waals surface area contributed by atoms with Crippen LogP contribution in [0.2, 0.25) is 0 Å². The number of nitrogens with two attached hydrogens (primary N) is 2. The maximum absolute atomic E-state index is 12.2. The molecule has 5 N–H and O–H groups in total. The summed E-state index contributed by atoms with van der Waals surface area (Å²) in [6.07, 6.45) is 2.98. The van der Waals surface area contributed by atoms with Gasteiger partial charge in [0.1, 0.15) is 0 Å². The predicted octanol–water partition coefficient (Wildman–Crippen LogP) is 0.520. The number of hydrogen-bond acceptors (Lipinski definition) is 3. The summed E-state index contributed by atoms with van der Waals surface area (Å²) in [7, 11) is 0. The Morgan fingerprint density at radius 2 is 1.94 bits per heavy atom. The molecule has 0 aromatic carbocycles. The van der Waals surface area contributed by atoms with Crippen molar-refractivity contribution < 1.29 is 9.59 Å². The minimum Gasteiger partial charge on any atom is -0.370 e. The second-order valence-electron chi connectivity index (χ2n) is 6.08. The van der Waals surface area contributed by atoms with Crippen molar-refractivity contribution >= 4 is 11.8 Å². The summed E-state index contributed by atoms with van der Waals surface area (Å²) in [5.74, 6) is -0.290. The van der Waals surface area contributed by atoms with E-state index in [4.69, 9.17) is 11.5 Å². The van der Waals surface area contributed by atoms with Gasteiger partial charge in [-0.1, -0.05) is 13.3 Å². The number of carbonyl (C=O) groups excluding carboxylic acids is 2. The van der Waals surface area contributed by atoms with Crippen LogP contribution in [0.5, 0.6) is 0 Å². The molecule has 1 aliphatic rings. The molecule has 104 valence electrons. The van der Waals surface area contributed by atoms with Gasteiger partial charge in [-0.25, -0.2) is 0 Å². The first-order valence-electron chi connectivity index (χ1n) is 6.59. The van der Waals surface area contributed by atoms with Crippen LogP contribution in [0.4, 0.5) is 0 Å². The molecule has 0 saturated heterocycles. The molecule has 3 unspecified atom stereocenters. The van der Waals surface area contributed by atoms with Gasteiger partial charge in [0.2, 0.25) is 11.8 Å². The maximum atomic E-state index is 12.2. The number of rotatable bonds is 4. The van der Waals surface area contributed by atoms with E-state index in [9.17, 15) is 9.59 Å². The van der Waals surface area contributed by atoms with E-state index in [1.165, 1.54) is 0 Å². The van der Waals surface area contributed by atoms with E-state index in [-0.39, 0.29) is 30.2 Å². The Kier molecular flexibility index (Phi) is 4.73. The molecule has 1 aliphatic carbocycles. The monoisotopic (exact) mass is 255 g/mol. The minimum absolute atomic E-state index is 0.0103. The molecule has 0 bridgehead atoms. The average Bonchev–Trinajstić information content (AvgIpc) is 2.18. The molecule has 1 saturated carbocycles. The van der Waals surface area contributed by atoms with Gasteiger partial charge in [-0.3, -0.25) is 9.59 Å². The van der Waals surface area contributed by atoms with Crippen LogP contribution in [0.15, 0.2) is 0 Å². The lowest BCUT2D eigenvalue weighted by Gasteiger charge is -2.35. The minimum atomic E-state index is -0.593. The largest absolute Gasteiger partial charge is 0.370 e. The first kappa shape index (κ1) is 15.0. The smallest absolute Gasteiger partial charge is 0.223 e. The SMILES string of the molecule is CC1C(N)CCCC1C(=O)NC(C)(C)CC(N)=O. The highest BCUT2D eigenvalue weighted by Crippen LogP contribution is 2.29. The molecule has 0 aromatic rings. The van der Waals surface area contributed by atoms with Crippen molar-refractivity contribution in [3.05, 3.63) is 0 Å². The van der Waals surface area contributed by atoms with Gasteiger partial charge in [-0.15, -0.1) is 0 Å². The summed E-state index contributed by atoms with van der Waals surface area (Å²) >= 11 is 0. The van der Waals surface area contributed by atoms with Crippen LogP contribution in [-0.4, -0.2) is 23.4 Å². The summed E-state index contributed by atoms with van der Waals surface area (Å²) in [6, 6.07) is 0.0914. The van der Waals surface area contributed by atoms with Crippen LogP contribution in [0.25, 0.3) is 0 Å². The highest BCUT2D eigenvalue weighted by atomic mass is 16.2. The summed E-state index contributed by atoms with van der Waals surface area (Å²) in [4.78, 5) is 23.2. The van der Waals surface area contributed by atoms with E-state index in [1.807, 2.05) is 20.8 Å². The van der Waals surface area contributed by atoms with Gasteiger partial charge < -0.3 is 16.8 Å². The lowest BCUT2D eigenvalue weighted by Crippen LogP contribution is -2.51. The van der Waals surface area contributed by atoms with Gasteiger partial charge in [-0.05, 0) is 32.6 Å². The van der Waals surface area contributed by atoms with Gasteiger partial charge in [-0.2, -0.15) is 0 Å². The lowest BCUT2D eigenvalue weighted by atomic mass is 9.76. The number of primary amides is 1. The highest BCUT2D eigenvalue weighted by molar-refractivity contribution is 5.81. The number of carbonyl (C=O) groups is 2.